The first-order valence-corrected chi connectivity index (χ1v) is 10.6. The minimum Gasteiger partial charge on any atom is -0.341 e. The van der Waals surface area contributed by atoms with Crippen molar-refractivity contribution < 1.29 is 0 Å². The van der Waals surface area contributed by atoms with Crippen LogP contribution < -0.4 is 4.90 Å². The molecule has 1 atom stereocenters. The third kappa shape index (κ3) is 3.72. The molecule has 0 aromatic carbocycles. The van der Waals surface area contributed by atoms with Crippen LogP contribution in [0.3, 0.4) is 0 Å². The van der Waals surface area contributed by atoms with E-state index >= 15 is 0 Å². The maximum Gasteiger partial charge on any atom is 0.225 e. The van der Waals surface area contributed by atoms with Gasteiger partial charge >= 0.3 is 0 Å². The van der Waals surface area contributed by atoms with Gasteiger partial charge in [0.1, 0.15) is 0 Å². The van der Waals surface area contributed by atoms with Gasteiger partial charge in [-0.1, -0.05) is 0 Å². The lowest BCUT2D eigenvalue weighted by atomic mass is 9.91. The Balaban J connectivity index is 1.41. The Morgan fingerprint density at radius 3 is 2.74 bits per heavy atom. The highest BCUT2D eigenvalue weighted by molar-refractivity contribution is 5.63. The minimum absolute atomic E-state index is 0.513. The molecule has 2 saturated heterocycles. The van der Waals surface area contributed by atoms with E-state index in [1.807, 2.05) is 24.0 Å². The quantitative estimate of drug-likeness (QED) is 0.814. The largest absolute Gasteiger partial charge is 0.341 e. The van der Waals surface area contributed by atoms with Gasteiger partial charge in [0.2, 0.25) is 5.95 Å². The van der Waals surface area contributed by atoms with Crippen LogP contribution in [0.25, 0.3) is 11.3 Å². The normalized spacial score (nSPS) is 23.9. The van der Waals surface area contributed by atoms with Gasteiger partial charge in [-0.25, -0.2) is 9.97 Å². The predicted octanol–water partition coefficient (Wildman–Crippen LogP) is 3.07. The summed E-state index contributed by atoms with van der Waals surface area (Å²) >= 11 is 0. The van der Waals surface area contributed by atoms with Crippen LogP contribution in [0.15, 0.2) is 18.5 Å². The molecule has 3 aliphatic rings. The van der Waals surface area contributed by atoms with Crippen molar-refractivity contribution in [3.63, 3.8) is 0 Å². The van der Waals surface area contributed by atoms with E-state index in [2.05, 4.69) is 21.0 Å². The average molecular weight is 367 g/mol. The maximum atomic E-state index is 4.92. The van der Waals surface area contributed by atoms with Crippen LogP contribution in [-0.2, 0) is 7.05 Å². The van der Waals surface area contributed by atoms with Crippen molar-refractivity contribution in [2.45, 2.75) is 44.4 Å². The van der Waals surface area contributed by atoms with Crippen LogP contribution in [-0.4, -0.2) is 57.4 Å². The number of aryl methyl sites for hydroxylation is 1. The van der Waals surface area contributed by atoms with Crippen LogP contribution in [0.4, 0.5) is 5.95 Å². The fourth-order valence-electron chi connectivity index (χ4n) is 4.68. The standard InChI is InChI=1S/C21H30N6/c1-25-15-18(19-8-9-22-21(23-19)27-11-2-3-12-27)20(24-25)17-5-4-10-26(14-17)13-16-6-7-16/h8-9,15-17H,2-7,10-14H2,1H3. The van der Waals surface area contributed by atoms with Crippen LogP contribution in [0, 0.1) is 5.92 Å². The third-order valence-electron chi connectivity index (χ3n) is 6.27. The summed E-state index contributed by atoms with van der Waals surface area (Å²) in [4.78, 5) is 14.4. The Bertz CT molecular complexity index is 790. The lowest BCUT2D eigenvalue weighted by Crippen LogP contribution is -2.36. The van der Waals surface area contributed by atoms with Crippen molar-refractivity contribution in [2.75, 3.05) is 37.6 Å². The number of hydrogen-bond donors (Lipinski definition) is 0. The highest BCUT2D eigenvalue weighted by Gasteiger charge is 2.30. The SMILES string of the molecule is Cn1cc(-c2ccnc(N3CCCC3)n2)c(C2CCCN(CC3CC3)C2)n1. The number of aromatic nitrogens is 4. The Kier molecular flexibility index (Phi) is 4.60. The van der Waals surface area contributed by atoms with E-state index in [0.29, 0.717) is 5.92 Å². The molecule has 1 unspecified atom stereocenters. The summed E-state index contributed by atoms with van der Waals surface area (Å²) in [6, 6.07) is 2.05. The monoisotopic (exact) mass is 366 g/mol. The summed E-state index contributed by atoms with van der Waals surface area (Å²) in [5.74, 6) is 2.34. The van der Waals surface area contributed by atoms with Crippen molar-refractivity contribution >= 4 is 5.95 Å². The molecule has 6 heteroatoms. The molecule has 2 aliphatic heterocycles. The van der Waals surface area contributed by atoms with Gasteiger partial charge in [0, 0.05) is 57.1 Å². The summed E-state index contributed by atoms with van der Waals surface area (Å²) in [5.41, 5.74) is 3.44. The average Bonchev–Trinajstić information content (AvgIpc) is 3.19. The number of rotatable bonds is 5. The molecule has 6 nitrogen and oxygen atoms in total. The van der Waals surface area contributed by atoms with Gasteiger partial charge in [-0.15, -0.1) is 0 Å². The first-order valence-electron chi connectivity index (χ1n) is 10.6. The maximum absolute atomic E-state index is 4.92. The lowest BCUT2D eigenvalue weighted by Gasteiger charge is -2.32. The molecule has 2 aromatic heterocycles. The van der Waals surface area contributed by atoms with Gasteiger partial charge in [-0.05, 0) is 57.1 Å². The van der Waals surface area contributed by atoms with Crippen molar-refractivity contribution in [1.82, 2.24) is 24.6 Å². The molecule has 27 heavy (non-hydrogen) atoms. The van der Waals surface area contributed by atoms with E-state index < -0.39 is 0 Å². The Hall–Kier alpha value is -1.95. The molecular weight excluding hydrogens is 336 g/mol. The molecule has 5 rings (SSSR count). The van der Waals surface area contributed by atoms with Gasteiger partial charge in [0.25, 0.3) is 0 Å². The lowest BCUT2D eigenvalue weighted by molar-refractivity contribution is 0.198. The zero-order valence-electron chi connectivity index (χ0n) is 16.3. The predicted molar refractivity (Wildman–Crippen MR) is 107 cm³/mol. The zero-order chi connectivity index (χ0) is 18.2. The molecule has 4 heterocycles. The number of nitrogens with zero attached hydrogens (tertiary/aromatic N) is 6. The molecule has 0 amide bonds. The van der Waals surface area contributed by atoms with E-state index in [0.717, 1.165) is 37.2 Å². The van der Waals surface area contributed by atoms with Crippen molar-refractivity contribution in [3.05, 3.63) is 24.2 Å². The Labute approximate surface area is 161 Å². The fourth-order valence-corrected chi connectivity index (χ4v) is 4.68. The van der Waals surface area contributed by atoms with Gasteiger partial charge in [0.05, 0.1) is 11.4 Å². The van der Waals surface area contributed by atoms with Crippen LogP contribution >= 0.6 is 0 Å². The molecule has 0 radical (unpaired) electrons. The van der Waals surface area contributed by atoms with Gasteiger partial charge < -0.3 is 9.80 Å². The van der Waals surface area contributed by atoms with E-state index in [-0.39, 0.29) is 0 Å². The number of piperidine rings is 1. The molecule has 1 aliphatic carbocycles. The zero-order valence-corrected chi connectivity index (χ0v) is 16.3. The van der Waals surface area contributed by atoms with Crippen LogP contribution in [0.5, 0.6) is 0 Å². The Morgan fingerprint density at radius 2 is 1.93 bits per heavy atom. The molecule has 0 bridgehead atoms. The summed E-state index contributed by atoms with van der Waals surface area (Å²) in [7, 11) is 2.03. The molecule has 144 valence electrons. The highest BCUT2D eigenvalue weighted by Crippen LogP contribution is 2.36. The Morgan fingerprint density at radius 1 is 1.07 bits per heavy atom. The second kappa shape index (κ2) is 7.23. The summed E-state index contributed by atoms with van der Waals surface area (Å²) in [5, 5.41) is 4.88. The smallest absolute Gasteiger partial charge is 0.225 e. The number of hydrogen-bond acceptors (Lipinski definition) is 5. The molecule has 1 saturated carbocycles. The van der Waals surface area contributed by atoms with E-state index in [1.165, 1.54) is 62.9 Å². The van der Waals surface area contributed by atoms with Crippen LogP contribution in [0.2, 0.25) is 0 Å². The van der Waals surface area contributed by atoms with Gasteiger partial charge in [-0.2, -0.15) is 5.10 Å². The summed E-state index contributed by atoms with van der Waals surface area (Å²) < 4.78 is 1.96. The number of likely N-dealkylation sites (tertiary alicyclic amines) is 1. The summed E-state index contributed by atoms with van der Waals surface area (Å²) in [6.07, 6.45) is 11.9. The van der Waals surface area contributed by atoms with E-state index in [1.54, 1.807) is 0 Å². The third-order valence-corrected chi connectivity index (χ3v) is 6.27. The molecular formula is C21H30N6. The second-order valence-electron chi connectivity index (χ2n) is 8.58. The van der Waals surface area contributed by atoms with Crippen molar-refractivity contribution in [3.8, 4) is 11.3 Å². The first-order chi connectivity index (χ1) is 13.3. The van der Waals surface area contributed by atoms with Crippen molar-refractivity contribution in [1.29, 1.82) is 0 Å². The molecule has 3 fully saturated rings. The van der Waals surface area contributed by atoms with E-state index in [4.69, 9.17) is 10.1 Å². The minimum atomic E-state index is 0.513. The highest BCUT2D eigenvalue weighted by atomic mass is 15.3. The second-order valence-corrected chi connectivity index (χ2v) is 8.58. The van der Waals surface area contributed by atoms with Gasteiger partial charge in [0.15, 0.2) is 0 Å². The van der Waals surface area contributed by atoms with Gasteiger partial charge in [-0.3, -0.25) is 4.68 Å². The fraction of sp³-hybridized carbons (Fsp3) is 0.667. The topological polar surface area (TPSA) is 50.1 Å². The van der Waals surface area contributed by atoms with Crippen molar-refractivity contribution in [2.24, 2.45) is 13.0 Å². The number of anilines is 1. The van der Waals surface area contributed by atoms with Crippen LogP contribution in [0.1, 0.15) is 50.1 Å². The first kappa shape index (κ1) is 17.2. The molecule has 2 aromatic rings. The van der Waals surface area contributed by atoms with E-state index in [9.17, 15) is 0 Å². The molecule has 0 spiro atoms. The summed E-state index contributed by atoms with van der Waals surface area (Å²) in [6.45, 7) is 5.82. The molecule has 0 N–H and O–H groups in total.